The molecule has 0 bridgehead atoms. The van der Waals surface area contributed by atoms with Gasteiger partial charge >= 0.3 is 0 Å². The highest BCUT2D eigenvalue weighted by Gasteiger charge is 2.15. The summed E-state index contributed by atoms with van der Waals surface area (Å²) < 4.78 is 11.4. The van der Waals surface area contributed by atoms with E-state index in [0.717, 1.165) is 66.2 Å². The third-order valence-corrected chi connectivity index (χ3v) is 5.06. The molecule has 3 N–H and O–H groups in total. The van der Waals surface area contributed by atoms with Gasteiger partial charge in [-0.1, -0.05) is 42.5 Å². The van der Waals surface area contributed by atoms with Crippen molar-refractivity contribution in [3.63, 3.8) is 0 Å². The number of benzene rings is 2. The molecule has 0 amide bonds. The number of nitrogen functional groups attached to an aromatic ring is 1. The van der Waals surface area contributed by atoms with Crippen LogP contribution in [-0.4, -0.2) is 24.7 Å². The highest BCUT2D eigenvalue weighted by molar-refractivity contribution is 5.98. The van der Waals surface area contributed by atoms with Gasteiger partial charge in [-0.2, -0.15) is 0 Å². The van der Waals surface area contributed by atoms with Crippen LogP contribution in [0.5, 0.6) is 5.75 Å². The Hall–Kier alpha value is -2.79. The molecule has 0 atom stereocenters. The number of rotatable bonds is 6. The van der Waals surface area contributed by atoms with E-state index in [2.05, 4.69) is 10.3 Å². The van der Waals surface area contributed by atoms with Gasteiger partial charge in [0.1, 0.15) is 17.9 Å². The van der Waals surface area contributed by atoms with Crippen molar-refractivity contribution in [2.45, 2.75) is 19.4 Å². The molecule has 1 saturated heterocycles. The van der Waals surface area contributed by atoms with E-state index in [9.17, 15) is 0 Å². The minimum absolute atomic E-state index is 0.505. The van der Waals surface area contributed by atoms with Crippen molar-refractivity contribution in [1.29, 1.82) is 0 Å². The number of fused-ring (bicyclic) bond motifs is 1. The summed E-state index contributed by atoms with van der Waals surface area (Å²) in [6.07, 6.45) is 3.99. The molecular weight excluding hydrogens is 338 g/mol. The number of hydrogen-bond donors (Lipinski definition) is 2. The van der Waals surface area contributed by atoms with E-state index in [1.165, 1.54) is 0 Å². The maximum Gasteiger partial charge on any atom is 0.146 e. The standard InChI is InChI=1S/C22H25N3O2/c23-21-18-7-4-8-20(27-15-17-5-2-1-3-6-17)22(18)25-14-19(21)24-13-16-9-11-26-12-10-16/h1-8,14,16,24H,9-13,15H2,(H2,23,25). The minimum Gasteiger partial charge on any atom is -0.487 e. The molecule has 1 aromatic heterocycles. The lowest BCUT2D eigenvalue weighted by Gasteiger charge is -2.23. The van der Waals surface area contributed by atoms with E-state index in [-0.39, 0.29) is 0 Å². The van der Waals surface area contributed by atoms with Crippen LogP contribution in [0.25, 0.3) is 10.9 Å². The molecule has 2 aromatic carbocycles. The summed E-state index contributed by atoms with van der Waals surface area (Å²) in [6.45, 7) is 3.09. The van der Waals surface area contributed by atoms with E-state index in [4.69, 9.17) is 15.2 Å². The van der Waals surface area contributed by atoms with Crippen LogP contribution in [0.4, 0.5) is 11.4 Å². The highest BCUT2D eigenvalue weighted by Crippen LogP contribution is 2.32. The summed E-state index contributed by atoms with van der Waals surface area (Å²) in [7, 11) is 0. The van der Waals surface area contributed by atoms with Gasteiger partial charge in [0.2, 0.25) is 0 Å². The summed E-state index contributed by atoms with van der Waals surface area (Å²) in [4.78, 5) is 4.63. The molecule has 0 unspecified atom stereocenters. The molecule has 1 aliphatic heterocycles. The van der Waals surface area contributed by atoms with Gasteiger partial charge in [-0.05, 0) is 30.4 Å². The summed E-state index contributed by atoms with van der Waals surface area (Å²) in [6, 6.07) is 16.0. The molecule has 5 nitrogen and oxygen atoms in total. The molecular formula is C22H25N3O2. The molecule has 1 fully saturated rings. The zero-order valence-electron chi connectivity index (χ0n) is 15.4. The Morgan fingerprint density at radius 2 is 1.89 bits per heavy atom. The van der Waals surface area contributed by atoms with Gasteiger partial charge in [-0.15, -0.1) is 0 Å². The van der Waals surface area contributed by atoms with Crippen molar-refractivity contribution in [2.75, 3.05) is 30.8 Å². The van der Waals surface area contributed by atoms with Gasteiger partial charge in [0.25, 0.3) is 0 Å². The zero-order valence-corrected chi connectivity index (χ0v) is 15.4. The Bertz CT molecular complexity index is 893. The fourth-order valence-electron chi connectivity index (χ4n) is 3.41. The maximum atomic E-state index is 6.43. The van der Waals surface area contributed by atoms with Gasteiger partial charge < -0.3 is 20.5 Å². The number of aromatic nitrogens is 1. The van der Waals surface area contributed by atoms with Crippen molar-refractivity contribution in [3.05, 3.63) is 60.3 Å². The number of nitrogens with one attached hydrogen (secondary N) is 1. The predicted molar refractivity (Wildman–Crippen MR) is 109 cm³/mol. The van der Waals surface area contributed by atoms with Crippen LogP contribution in [0, 0.1) is 5.92 Å². The first-order valence-corrected chi connectivity index (χ1v) is 9.47. The molecule has 2 heterocycles. The van der Waals surface area contributed by atoms with Crippen molar-refractivity contribution >= 4 is 22.3 Å². The molecule has 0 aliphatic carbocycles. The lowest BCUT2D eigenvalue weighted by atomic mass is 10.0. The first-order valence-electron chi connectivity index (χ1n) is 9.47. The van der Waals surface area contributed by atoms with Gasteiger partial charge in [0, 0.05) is 25.1 Å². The van der Waals surface area contributed by atoms with Crippen LogP contribution in [-0.2, 0) is 11.3 Å². The molecule has 0 radical (unpaired) electrons. The second-order valence-electron chi connectivity index (χ2n) is 6.95. The van der Waals surface area contributed by atoms with E-state index in [0.29, 0.717) is 12.5 Å². The average Bonchev–Trinajstić information content (AvgIpc) is 2.73. The van der Waals surface area contributed by atoms with Crippen LogP contribution in [0.2, 0.25) is 0 Å². The Morgan fingerprint density at radius 3 is 2.70 bits per heavy atom. The summed E-state index contributed by atoms with van der Waals surface area (Å²) in [5.41, 5.74) is 9.95. The van der Waals surface area contributed by atoms with E-state index in [1.54, 1.807) is 0 Å². The van der Waals surface area contributed by atoms with Gasteiger partial charge in [-0.3, -0.25) is 4.98 Å². The number of anilines is 2. The van der Waals surface area contributed by atoms with E-state index < -0.39 is 0 Å². The smallest absolute Gasteiger partial charge is 0.146 e. The van der Waals surface area contributed by atoms with Crippen molar-refractivity contribution in [2.24, 2.45) is 5.92 Å². The van der Waals surface area contributed by atoms with Crippen LogP contribution < -0.4 is 15.8 Å². The Kier molecular flexibility index (Phi) is 5.39. The summed E-state index contributed by atoms with van der Waals surface area (Å²) >= 11 is 0. The van der Waals surface area contributed by atoms with Crippen LogP contribution in [0.3, 0.4) is 0 Å². The topological polar surface area (TPSA) is 69.4 Å². The Balaban J connectivity index is 1.50. The zero-order chi connectivity index (χ0) is 18.5. The highest BCUT2D eigenvalue weighted by atomic mass is 16.5. The van der Waals surface area contributed by atoms with Gasteiger partial charge in [-0.25, -0.2) is 0 Å². The molecule has 3 aromatic rings. The Morgan fingerprint density at radius 1 is 1.07 bits per heavy atom. The normalized spacial score (nSPS) is 15.0. The third-order valence-electron chi connectivity index (χ3n) is 5.06. The number of nitrogens with two attached hydrogens (primary N) is 1. The number of nitrogens with zero attached hydrogens (tertiary/aromatic N) is 1. The van der Waals surface area contributed by atoms with E-state index in [1.807, 2.05) is 54.7 Å². The number of ether oxygens (including phenoxy) is 2. The summed E-state index contributed by atoms with van der Waals surface area (Å²) in [5, 5.41) is 4.38. The quantitative estimate of drug-likeness (QED) is 0.686. The minimum atomic E-state index is 0.505. The molecule has 1 aliphatic rings. The lowest BCUT2D eigenvalue weighted by Crippen LogP contribution is -2.23. The molecule has 0 saturated carbocycles. The first kappa shape index (κ1) is 17.6. The second kappa shape index (κ2) is 8.27. The Labute approximate surface area is 159 Å². The van der Waals surface area contributed by atoms with Crippen LogP contribution in [0.15, 0.2) is 54.7 Å². The molecule has 5 heteroatoms. The number of para-hydroxylation sites is 1. The monoisotopic (exact) mass is 363 g/mol. The molecule has 0 spiro atoms. The maximum absolute atomic E-state index is 6.43. The largest absolute Gasteiger partial charge is 0.487 e. The fraction of sp³-hybridized carbons (Fsp3) is 0.318. The average molecular weight is 363 g/mol. The second-order valence-corrected chi connectivity index (χ2v) is 6.95. The summed E-state index contributed by atoms with van der Waals surface area (Å²) in [5.74, 6) is 1.37. The predicted octanol–water partition coefficient (Wildman–Crippen LogP) is 4.23. The number of hydrogen-bond acceptors (Lipinski definition) is 5. The van der Waals surface area contributed by atoms with Crippen molar-refractivity contribution < 1.29 is 9.47 Å². The lowest BCUT2D eigenvalue weighted by molar-refractivity contribution is 0.0699. The first-order chi connectivity index (χ1) is 13.3. The van der Waals surface area contributed by atoms with Gasteiger partial charge in [0.15, 0.2) is 0 Å². The fourth-order valence-corrected chi connectivity index (χ4v) is 3.41. The van der Waals surface area contributed by atoms with Crippen LogP contribution in [0.1, 0.15) is 18.4 Å². The number of pyridine rings is 1. The third kappa shape index (κ3) is 4.14. The van der Waals surface area contributed by atoms with Crippen molar-refractivity contribution in [1.82, 2.24) is 4.98 Å². The molecule has 4 rings (SSSR count). The molecule has 27 heavy (non-hydrogen) atoms. The van der Waals surface area contributed by atoms with Crippen LogP contribution >= 0.6 is 0 Å². The SMILES string of the molecule is Nc1c(NCC2CCOCC2)cnc2c(OCc3ccccc3)cccc12. The van der Waals surface area contributed by atoms with E-state index >= 15 is 0 Å². The van der Waals surface area contributed by atoms with Crippen molar-refractivity contribution in [3.8, 4) is 5.75 Å². The van der Waals surface area contributed by atoms with Gasteiger partial charge in [0.05, 0.1) is 17.6 Å². The molecule has 140 valence electrons.